The molecule has 0 radical (unpaired) electrons. The van der Waals surface area contributed by atoms with Gasteiger partial charge in [-0.25, -0.2) is 0 Å². The highest BCUT2D eigenvalue weighted by molar-refractivity contribution is 4.73. The van der Waals surface area contributed by atoms with Gasteiger partial charge in [-0.3, -0.25) is 4.90 Å². The molecule has 1 N–H and O–H groups in total. The van der Waals surface area contributed by atoms with Crippen LogP contribution in [0, 0.1) is 0 Å². The average Bonchev–Trinajstić information content (AvgIpc) is 2.37. The predicted molar refractivity (Wildman–Crippen MR) is 69.6 cm³/mol. The van der Waals surface area contributed by atoms with E-state index in [1.54, 1.807) is 0 Å². The lowest BCUT2D eigenvalue weighted by atomic mass is 10.2. The van der Waals surface area contributed by atoms with Crippen molar-refractivity contribution >= 4 is 0 Å². The summed E-state index contributed by atoms with van der Waals surface area (Å²) in [4.78, 5) is 2.46. The van der Waals surface area contributed by atoms with Crippen molar-refractivity contribution in [1.82, 2.24) is 10.2 Å². The van der Waals surface area contributed by atoms with Gasteiger partial charge in [-0.15, -0.1) is 0 Å². The Morgan fingerprint density at radius 2 is 1.83 bits per heavy atom. The van der Waals surface area contributed by atoms with Crippen LogP contribution in [0.4, 0.5) is 0 Å². The summed E-state index contributed by atoms with van der Waals surface area (Å²) in [5, 5.41) is 3.49. The first-order valence-electron chi connectivity index (χ1n) is 6.97. The second-order valence-corrected chi connectivity index (χ2v) is 5.48. The summed E-state index contributed by atoms with van der Waals surface area (Å²) in [6.07, 6.45) is 1.17. The summed E-state index contributed by atoms with van der Waals surface area (Å²) in [6, 6.07) is 0.336. The zero-order valence-corrected chi connectivity index (χ0v) is 11.6. The van der Waals surface area contributed by atoms with Gasteiger partial charge in [-0.1, -0.05) is 0 Å². The maximum atomic E-state index is 5.61. The number of rotatable bonds is 5. The molecule has 5 nitrogen and oxygen atoms in total. The molecule has 0 bridgehead atoms. The van der Waals surface area contributed by atoms with Crippen LogP contribution in [-0.4, -0.2) is 69.3 Å². The Morgan fingerprint density at radius 3 is 2.50 bits per heavy atom. The van der Waals surface area contributed by atoms with Gasteiger partial charge in [0.1, 0.15) is 0 Å². The van der Waals surface area contributed by atoms with E-state index in [4.69, 9.17) is 14.2 Å². The number of ether oxygens (including phenoxy) is 3. The van der Waals surface area contributed by atoms with Crippen molar-refractivity contribution in [2.75, 3.05) is 52.6 Å². The van der Waals surface area contributed by atoms with Crippen molar-refractivity contribution in [3.63, 3.8) is 0 Å². The summed E-state index contributed by atoms with van der Waals surface area (Å²) in [6.45, 7) is 11.5. The van der Waals surface area contributed by atoms with E-state index in [1.807, 2.05) is 13.8 Å². The molecular formula is C13H26N2O3. The SMILES string of the molecule is CC1(C)OCC(NCCCN2CCOCC2)CO1. The smallest absolute Gasteiger partial charge is 0.162 e. The highest BCUT2D eigenvalue weighted by Crippen LogP contribution is 2.16. The standard InChI is InChI=1S/C13H26N2O3/c1-13(2)17-10-12(11-18-13)14-4-3-5-15-6-8-16-9-7-15/h12,14H,3-11H2,1-2H3. The Kier molecular flexibility index (Phi) is 5.38. The van der Waals surface area contributed by atoms with Crippen LogP contribution in [0.5, 0.6) is 0 Å². The third kappa shape index (κ3) is 4.82. The largest absolute Gasteiger partial charge is 0.379 e. The van der Waals surface area contributed by atoms with Gasteiger partial charge in [0.2, 0.25) is 0 Å². The molecule has 2 heterocycles. The number of morpholine rings is 1. The van der Waals surface area contributed by atoms with Crippen molar-refractivity contribution in [2.24, 2.45) is 0 Å². The van der Waals surface area contributed by atoms with Crippen LogP contribution in [0.15, 0.2) is 0 Å². The Morgan fingerprint density at radius 1 is 1.17 bits per heavy atom. The van der Waals surface area contributed by atoms with Crippen molar-refractivity contribution in [1.29, 1.82) is 0 Å². The van der Waals surface area contributed by atoms with E-state index >= 15 is 0 Å². The lowest BCUT2D eigenvalue weighted by molar-refractivity contribution is -0.252. The molecule has 2 aliphatic heterocycles. The van der Waals surface area contributed by atoms with Gasteiger partial charge in [0, 0.05) is 13.1 Å². The molecule has 106 valence electrons. The van der Waals surface area contributed by atoms with E-state index in [0.29, 0.717) is 6.04 Å². The van der Waals surface area contributed by atoms with Crippen molar-refractivity contribution < 1.29 is 14.2 Å². The van der Waals surface area contributed by atoms with Crippen molar-refractivity contribution in [3.8, 4) is 0 Å². The van der Waals surface area contributed by atoms with Crippen LogP contribution in [-0.2, 0) is 14.2 Å². The molecule has 0 aromatic carbocycles. The fraction of sp³-hybridized carbons (Fsp3) is 1.00. The first-order valence-corrected chi connectivity index (χ1v) is 6.97. The van der Waals surface area contributed by atoms with Crippen molar-refractivity contribution in [3.05, 3.63) is 0 Å². The minimum Gasteiger partial charge on any atom is -0.379 e. The maximum Gasteiger partial charge on any atom is 0.162 e. The molecule has 0 amide bonds. The number of hydrogen-bond acceptors (Lipinski definition) is 5. The zero-order chi connectivity index (χ0) is 12.8. The molecule has 2 aliphatic rings. The summed E-state index contributed by atoms with van der Waals surface area (Å²) < 4.78 is 16.6. The molecule has 2 saturated heterocycles. The van der Waals surface area contributed by atoms with Gasteiger partial charge in [-0.05, 0) is 33.4 Å². The predicted octanol–water partition coefficient (Wildman–Crippen LogP) is 0.450. The van der Waals surface area contributed by atoms with E-state index in [9.17, 15) is 0 Å². The van der Waals surface area contributed by atoms with Crippen LogP contribution in [0.25, 0.3) is 0 Å². The van der Waals surface area contributed by atoms with Crippen LogP contribution < -0.4 is 5.32 Å². The molecule has 2 fully saturated rings. The van der Waals surface area contributed by atoms with Crippen LogP contribution in [0.2, 0.25) is 0 Å². The fourth-order valence-electron chi connectivity index (χ4n) is 2.24. The van der Waals surface area contributed by atoms with E-state index in [-0.39, 0.29) is 0 Å². The zero-order valence-electron chi connectivity index (χ0n) is 11.6. The summed E-state index contributed by atoms with van der Waals surface area (Å²) in [5.41, 5.74) is 0. The fourth-order valence-corrected chi connectivity index (χ4v) is 2.24. The molecule has 5 heteroatoms. The van der Waals surface area contributed by atoms with Gasteiger partial charge in [0.15, 0.2) is 5.79 Å². The Balaban J connectivity index is 1.50. The Hall–Kier alpha value is -0.200. The lowest BCUT2D eigenvalue weighted by Crippen LogP contribution is -2.49. The minimum atomic E-state index is -0.411. The van der Waals surface area contributed by atoms with E-state index in [1.165, 1.54) is 6.42 Å². The molecule has 0 atom stereocenters. The highest BCUT2D eigenvalue weighted by atomic mass is 16.7. The normalized spacial score (nSPS) is 26.3. The third-order valence-corrected chi connectivity index (χ3v) is 3.45. The van der Waals surface area contributed by atoms with Gasteiger partial charge in [0.05, 0.1) is 32.5 Å². The summed E-state index contributed by atoms with van der Waals surface area (Å²) in [7, 11) is 0. The van der Waals surface area contributed by atoms with E-state index in [0.717, 1.165) is 52.6 Å². The molecule has 0 aliphatic carbocycles. The molecular weight excluding hydrogens is 232 g/mol. The van der Waals surface area contributed by atoms with Crippen LogP contribution in [0.3, 0.4) is 0 Å². The van der Waals surface area contributed by atoms with E-state index in [2.05, 4.69) is 10.2 Å². The summed E-state index contributed by atoms with van der Waals surface area (Å²) >= 11 is 0. The number of hydrogen-bond donors (Lipinski definition) is 1. The van der Waals surface area contributed by atoms with Crippen LogP contribution >= 0.6 is 0 Å². The quantitative estimate of drug-likeness (QED) is 0.725. The van der Waals surface area contributed by atoms with Crippen LogP contribution in [0.1, 0.15) is 20.3 Å². The number of nitrogens with zero attached hydrogens (tertiary/aromatic N) is 1. The summed E-state index contributed by atoms with van der Waals surface area (Å²) in [5.74, 6) is -0.411. The Labute approximate surface area is 110 Å². The second kappa shape index (κ2) is 6.82. The van der Waals surface area contributed by atoms with Gasteiger partial charge in [0.25, 0.3) is 0 Å². The highest BCUT2D eigenvalue weighted by Gasteiger charge is 2.27. The lowest BCUT2D eigenvalue weighted by Gasteiger charge is -2.35. The third-order valence-electron chi connectivity index (χ3n) is 3.45. The molecule has 0 unspecified atom stereocenters. The first-order chi connectivity index (χ1) is 8.66. The molecule has 18 heavy (non-hydrogen) atoms. The minimum absolute atomic E-state index is 0.336. The molecule has 2 rings (SSSR count). The maximum absolute atomic E-state index is 5.61. The molecule has 0 aromatic heterocycles. The Bertz CT molecular complexity index is 232. The molecule has 0 saturated carbocycles. The average molecular weight is 258 g/mol. The monoisotopic (exact) mass is 258 g/mol. The topological polar surface area (TPSA) is 43.0 Å². The van der Waals surface area contributed by atoms with Gasteiger partial charge >= 0.3 is 0 Å². The van der Waals surface area contributed by atoms with Crippen molar-refractivity contribution in [2.45, 2.75) is 32.1 Å². The van der Waals surface area contributed by atoms with Gasteiger partial charge < -0.3 is 19.5 Å². The molecule has 0 spiro atoms. The first kappa shape index (κ1) is 14.2. The van der Waals surface area contributed by atoms with Gasteiger partial charge in [-0.2, -0.15) is 0 Å². The molecule has 0 aromatic rings. The second-order valence-electron chi connectivity index (χ2n) is 5.48. The number of nitrogens with one attached hydrogen (secondary N) is 1. The van der Waals surface area contributed by atoms with E-state index < -0.39 is 5.79 Å².